The van der Waals surface area contributed by atoms with Gasteiger partial charge >= 0.3 is 0 Å². The minimum atomic E-state index is -0.580. The summed E-state index contributed by atoms with van der Waals surface area (Å²) in [6.45, 7) is 0. The number of hydrogen-bond donors (Lipinski definition) is 2. The number of nitrogens with two attached hydrogens (primary N) is 1. The number of nitrogens with one attached hydrogen (secondary N) is 1. The van der Waals surface area contributed by atoms with Crippen molar-refractivity contribution >= 4 is 39.2 Å². The van der Waals surface area contributed by atoms with Crippen LogP contribution in [0, 0.1) is 10.1 Å². The van der Waals surface area contributed by atoms with Gasteiger partial charge in [0, 0.05) is 12.1 Å². The highest BCUT2D eigenvalue weighted by Gasteiger charge is 2.14. The van der Waals surface area contributed by atoms with E-state index in [-0.39, 0.29) is 22.5 Å². The van der Waals surface area contributed by atoms with Crippen LogP contribution in [0.5, 0.6) is 11.6 Å². The Morgan fingerprint density at radius 1 is 1.50 bits per heavy atom. The summed E-state index contributed by atoms with van der Waals surface area (Å²) in [5.41, 5.74) is 2.07. The fraction of sp³-hybridized carbons (Fsp3) is 0. The van der Waals surface area contributed by atoms with Gasteiger partial charge in [0.2, 0.25) is 11.8 Å². The number of hydrazine groups is 1. The second-order valence-electron chi connectivity index (χ2n) is 3.46. The van der Waals surface area contributed by atoms with E-state index in [1.165, 1.54) is 24.4 Å². The smallest absolute Gasteiger partial charge is 0.288 e. The Morgan fingerprint density at radius 2 is 2.25 bits per heavy atom. The Kier molecular flexibility index (Phi) is 4.32. The van der Waals surface area contributed by atoms with Crippen LogP contribution in [0.3, 0.4) is 0 Å². The molecule has 10 heteroatoms. The maximum absolute atomic E-state index is 10.7. The first-order valence-corrected chi connectivity index (χ1v) is 6.29. The van der Waals surface area contributed by atoms with Crippen molar-refractivity contribution in [2.45, 2.75) is 0 Å². The fourth-order valence-corrected chi connectivity index (χ4v) is 1.81. The van der Waals surface area contributed by atoms with Gasteiger partial charge in [0.05, 0.1) is 15.6 Å². The Morgan fingerprint density at radius 3 is 2.85 bits per heavy atom. The third kappa shape index (κ3) is 3.13. The zero-order chi connectivity index (χ0) is 14.7. The third-order valence-electron chi connectivity index (χ3n) is 2.17. The fourth-order valence-electron chi connectivity index (χ4n) is 1.30. The minimum absolute atomic E-state index is 0.0325. The topological polar surface area (TPSA) is 116 Å². The zero-order valence-corrected chi connectivity index (χ0v) is 12.1. The number of nitro groups is 1. The van der Waals surface area contributed by atoms with Gasteiger partial charge in [-0.2, -0.15) is 4.98 Å². The molecule has 0 radical (unpaired) electrons. The molecule has 0 fully saturated rings. The predicted molar refractivity (Wildman–Crippen MR) is 75.7 cm³/mol. The molecule has 8 nitrogen and oxygen atoms in total. The molecule has 0 saturated heterocycles. The van der Waals surface area contributed by atoms with E-state index < -0.39 is 4.92 Å². The summed E-state index contributed by atoms with van der Waals surface area (Å²) in [5, 5.41) is 10.6. The van der Waals surface area contributed by atoms with Crippen molar-refractivity contribution in [3.05, 3.63) is 44.0 Å². The quantitative estimate of drug-likeness (QED) is 0.489. The number of rotatable bonds is 4. The molecule has 2 rings (SSSR count). The molecule has 1 aromatic carbocycles. The van der Waals surface area contributed by atoms with Gasteiger partial charge in [0.25, 0.3) is 5.69 Å². The van der Waals surface area contributed by atoms with Gasteiger partial charge in [-0.15, -0.1) is 0 Å². The first-order chi connectivity index (χ1) is 9.51. The molecule has 0 atom stereocenters. The van der Waals surface area contributed by atoms with Gasteiger partial charge in [-0.05, 0) is 22.0 Å². The molecule has 2 aromatic rings. The van der Waals surface area contributed by atoms with E-state index in [0.717, 1.165) is 0 Å². The number of hydrogen-bond acceptors (Lipinski definition) is 7. The van der Waals surface area contributed by atoms with Gasteiger partial charge in [-0.25, -0.2) is 10.8 Å². The van der Waals surface area contributed by atoms with Crippen molar-refractivity contribution in [1.29, 1.82) is 0 Å². The molecule has 1 heterocycles. The van der Waals surface area contributed by atoms with Gasteiger partial charge in [0.1, 0.15) is 10.8 Å². The third-order valence-corrected chi connectivity index (χ3v) is 3.02. The number of nitrogens with zero attached hydrogens (tertiary/aromatic N) is 3. The van der Waals surface area contributed by atoms with Crippen molar-refractivity contribution in [2.75, 3.05) is 5.43 Å². The van der Waals surface area contributed by atoms with Crippen LogP contribution in [0.4, 0.5) is 11.6 Å². The molecule has 1 aromatic heterocycles. The summed E-state index contributed by atoms with van der Waals surface area (Å²) < 4.78 is 5.96. The summed E-state index contributed by atoms with van der Waals surface area (Å²) in [6.07, 6.45) is 1.45. The predicted octanol–water partition coefficient (Wildman–Crippen LogP) is 2.88. The highest BCUT2D eigenvalue weighted by Crippen LogP contribution is 2.32. The van der Waals surface area contributed by atoms with Crippen LogP contribution < -0.4 is 16.0 Å². The maximum Gasteiger partial charge on any atom is 0.288 e. The van der Waals surface area contributed by atoms with E-state index in [1.807, 2.05) is 0 Å². The van der Waals surface area contributed by atoms with Crippen molar-refractivity contribution in [2.24, 2.45) is 5.84 Å². The van der Waals surface area contributed by atoms with E-state index in [1.54, 1.807) is 0 Å². The summed E-state index contributed by atoms with van der Waals surface area (Å²) in [6, 6.07) is 3.98. The van der Waals surface area contributed by atoms with Crippen LogP contribution in [0.15, 0.2) is 28.9 Å². The summed E-state index contributed by atoms with van der Waals surface area (Å²) in [7, 11) is 0. The monoisotopic (exact) mass is 359 g/mol. The Hall–Kier alpha value is -1.97. The number of aromatic nitrogens is 2. The number of nitrogen functional groups attached to an aromatic ring is 1. The lowest BCUT2D eigenvalue weighted by Crippen LogP contribution is -2.10. The molecule has 0 spiro atoms. The lowest BCUT2D eigenvalue weighted by atomic mass is 10.3. The SMILES string of the molecule is NNc1ncc(Br)c(Oc2ccc([N+](=O)[O-])c(Cl)c2)n1. The van der Waals surface area contributed by atoms with Crippen LogP contribution in [0.2, 0.25) is 5.02 Å². The van der Waals surface area contributed by atoms with Crippen molar-refractivity contribution in [3.8, 4) is 11.6 Å². The zero-order valence-electron chi connectivity index (χ0n) is 9.71. The molecular formula is C10H7BrClN5O3. The van der Waals surface area contributed by atoms with Crippen LogP contribution in [-0.4, -0.2) is 14.9 Å². The molecule has 0 aliphatic carbocycles. The van der Waals surface area contributed by atoms with Crippen molar-refractivity contribution < 1.29 is 9.66 Å². The number of nitro benzene ring substituents is 1. The van der Waals surface area contributed by atoms with E-state index in [2.05, 4.69) is 31.3 Å². The number of ether oxygens (including phenoxy) is 1. The van der Waals surface area contributed by atoms with Gasteiger partial charge < -0.3 is 4.74 Å². The number of halogens is 2. The summed E-state index contributed by atoms with van der Waals surface area (Å²) in [4.78, 5) is 17.9. The van der Waals surface area contributed by atoms with Crippen molar-refractivity contribution in [1.82, 2.24) is 9.97 Å². The first kappa shape index (κ1) is 14.4. The molecular weight excluding hydrogens is 353 g/mol. The van der Waals surface area contributed by atoms with E-state index >= 15 is 0 Å². The molecule has 0 bridgehead atoms. The Labute approximate surface area is 126 Å². The first-order valence-electron chi connectivity index (χ1n) is 5.12. The van der Waals surface area contributed by atoms with Gasteiger partial charge in [-0.1, -0.05) is 11.6 Å². The molecule has 0 aliphatic rings. The summed E-state index contributed by atoms with van der Waals surface area (Å²) in [5.74, 6) is 5.85. The minimum Gasteiger partial charge on any atom is -0.438 e. The summed E-state index contributed by atoms with van der Waals surface area (Å²) >= 11 is 9.00. The van der Waals surface area contributed by atoms with Crippen molar-refractivity contribution in [3.63, 3.8) is 0 Å². The standard InChI is InChI=1S/C10H7BrClN5O3/c11-6-4-14-10(16-13)15-9(6)20-5-1-2-8(17(18)19)7(12)3-5/h1-4H,13H2,(H,14,15,16). The number of benzene rings is 1. The average Bonchev–Trinajstić information content (AvgIpc) is 2.41. The van der Waals surface area contributed by atoms with Crippen LogP contribution >= 0.6 is 27.5 Å². The molecule has 3 N–H and O–H groups in total. The molecule has 0 unspecified atom stereocenters. The van der Waals surface area contributed by atoms with Crippen LogP contribution in [0.1, 0.15) is 0 Å². The van der Waals surface area contributed by atoms with Gasteiger partial charge in [-0.3, -0.25) is 15.5 Å². The van der Waals surface area contributed by atoms with Crippen LogP contribution in [0.25, 0.3) is 0 Å². The molecule has 20 heavy (non-hydrogen) atoms. The molecule has 104 valence electrons. The van der Waals surface area contributed by atoms with E-state index in [9.17, 15) is 10.1 Å². The highest BCUT2D eigenvalue weighted by molar-refractivity contribution is 9.10. The Balaban J connectivity index is 2.30. The lowest BCUT2D eigenvalue weighted by Gasteiger charge is -2.08. The Bertz CT molecular complexity index is 669. The van der Waals surface area contributed by atoms with E-state index in [0.29, 0.717) is 10.2 Å². The molecule has 0 aliphatic heterocycles. The average molecular weight is 361 g/mol. The normalized spacial score (nSPS) is 10.2. The highest BCUT2D eigenvalue weighted by atomic mass is 79.9. The van der Waals surface area contributed by atoms with Gasteiger partial charge in [0.15, 0.2) is 0 Å². The molecule has 0 amide bonds. The second kappa shape index (κ2) is 5.99. The number of anilines is 1. The second-order valence-corrected chi connectivity index (χ2v) is 4.72. The molecule has 0 saturated carbocycles. The lowest BCUT2D eigenvalue weighted by molar-refractivity contribution is -0.384. The maximum atomic E-state index is 10.7. The largest absolute Gasteiger partial charge is 0.438 e. The van der Waals surface area contributed by atoms with E-state index in [4.69, 9.17) is 22.2 Å². The van der Waals surface area contributed by atoms with Crippen LogP contribution in [-0.2, 0) is 0 Å².